The molecule has 6 heteroatoms. The average molecular weight is 249 g/mol. The number of methoxy groups -OCH3 is 1. The van der Waals surface area contributed by atoms with Gasteiger partial charge in [-0.2, -0.15) is 0 Å². The number of nitrogens with one attached hydrogen (secondary N) is 1. The lowest BCUT2D eigenvalue weighted by Gasteiger charge is -2.04. The van der Waals surface area contributed by atoms with Crippen LogP contribution >= 0.6 is 11.3 Å². The number of nitrogens with zero attached hydrogens (tertiary/aromatic N) is 2. The van der Waals surface area contributed by atoms with Crippen LogP contribution < -0.4 is 5.32 Å². The van der Waals surface area contributed by atoms with Gasteiger partial charge in [-0.3, -0.25) is 4.98 Å². The van der Waals surface area contributed by atoms with Gasteiger partial charge in [-0.15, -0.1) is 0 Å². The number of thiazole rings is 1. The zero-order chi connectivity index (χ0) is 12.3. The second-order valence-electron chi connectivity index (χ2n) is 3.34. The van der Waals surface area contributed by atoms with Gasteiger partial charge in [-0.1, -0.05) is 11.3 Å². The molecule has 0 aromatic carbocycles. The summed E-state index contributed by atoms with van der Waals surface area (Å²) in [7, 11) is 1.35. The topological polar surface area (TPSA) is 64.1 Å². The van der Waals surface area contributed by atoms with Gasteiger partial charge in [0.25, 0.3) is 0 Å². The number of rotatable bonds is 3. The lowest BCUT2D eigenvalue weighted by atomic mass is 10.2. The fourth-order valence-corrected chi connectivity index (χ4v) is 1.98. The van der Waals surface area contributed by atoms with Crippen LogP contribution in [0, 0.1) is 6.92 Å². The van der Waals surface area contributed by atoms with E-state index in [1.807, 2.05) is 13.0 Å². The standard InChI is InChI=1S/C11H11N3O2S/c1-7-3-4-12-5-8(7)14-11-13-6-9(17-11)10(15)16-2/h3-6H,1-2H3,(H,13,14). The van der Waals surface area contributed by atoms with Crippen LogP contribution in [-0.4, -0.2) is 23.0 Å². The number of aryl methyl sites for hydroxylation is 1. The van der Waals surface area contributed by atoms with Gasteiger partial charge in [0.2, 0.25) is 0 Å². The van der Waals surface area contributed by atoms with Crippen LogP contribution in [0.3, 0.4) is 0 Å². The molecule has 0 aliphatic rings. The maximum atomic E-state index is 11.3. The maximum Gasteiger partial charge on any atom is 0.349 e. The molecule has 2 aromatic rings. The maximum absolute atomic E-state index is 11.3. The Morgan fingerprint density at radius 2 is 2.29 bits per heavy atom. The van der Waals surface area contributed by atoms with Crippen molar-refractivity contribution >= 4 is 28.1 Å². The van der Waals surface area contributed by atoms with Crippen molar-refractivity contribution in [1.29, 1.82) is 0 Å². The number of anilines is 2. The van der Waals surface area contributed by atoms with Crippen molar-refractivity contribution in [2.45, 2.75) is 6.92 Å². The minimum atomic E-state index is -0.376. The molecule has 2 heterocycles. The van der Waals surface area contributed by atoms with E-state index in [1.165, 1.54) is 24.6 Å². The molecule has 0 fully saturated rings. The second kappa shape index (κ2) is 4.92. The molecule has 2 rings (SSSR count). The van der Waals surface area contributed by atoms with E-state index in [0.29, 0.717) is 10.0 Å². The van der Waals surface area contributed by atoms with Gasteiger partial charge in [0.05, 0.1) is 25.2 Å². The van der Waals surface area contributed by atoms with Crippen molar-refractivity contribution in [3.05, 3.63) is 35.1 Å². The predicted octanol–water partition coefficient (Wildman–Crippen LogP) is 2.38. The highest BCUT2D eigenvalue weighted by molar-refractivity contribution is 7.17. The molecule has 0 aliphatic heterocycles. The van der Waals surface area contributed by atoms with Gasteiger partial charge < -0.3 is 10.1 Å². The quantitative estimate of drug-likeness (QED) is 0.846. The van der Waals surface area contributed by atoms with Crippen LogP contribution in [0.15, 0.2) is 24.7 Å². The molecule has 17 heavy (non-hydrogen) atoms. The second-order valence-corrected chi connectivity index (χ2v) is 4.37. The Labute approximate surface area is 102 Å². The summed E-state index contributed by atoms with van der Waals surface area (Å²) in [4.78, 5) is 19.8. The molecule has 0 aliphatic carbocycles. The fourth-order valence-electron chi connectivity index (χ4n) is 1.24. The minimum absolute atomic E-state index is 0.376. The summed E-state index contributed by atoms with van der Waals surface area (Å²) in [6.07, 6.45) is 4.93. The summed E-state index contributed by atoms with van der Waals surface area (Å²) in [6, 6.07) is 1.90. The van der Waals surface area contributed by atoms with E-state index >= 15 is 0 Å². The Morgan fingerprint density at radius 3 is 3.00 bits per heavy atom. The highest BCUT2D eigenvalue weighted by Gasteiger charge is 2.10. The van der Waals surface area contributed by atoms with Crippen LogP contribution in [0.2, 0.25) is 0 Å². The highest BCUT2D eigenvalue weighted by Crippen LogP contribution is 2.24. The van der Waals surface area contributed by atoms with E-state index < -0.39 is 0 Å². The summed E-state index contributed by atoms with van der Waals surface area (Å²) in [6.45, 7) is 1.97. The van der Waals surface area contributed by atoms with Gasteiger partial charge >= 0.3 is 5.97 Å². The van der Waals surface area contributed by atoms with Crippen molar-refractivity contribution < 1.29 is 9.53 Å². The Hall–Kier alpha value is -1.95. The Kier molecular flexibility index (Phi) is 3.34. The lowest BCUT2D eigenvalue weighted by molar-refractivity contribution is 0.0606. The molecule has 0 atom stereocenters. The SMILES string of the molecule is COC(=O)c1cnc(Nc2cnccc2C)s1. The van der Waals surface area contributed by atoms with Crippen molar-refractivity contribution in [3.8, 4) is 0 Å². The molecule has 0 saturated heterocycles. The monoisotopic (exact) mass is 249 g/mol. The van der Waals surface area contributed by atoms with Gasteiger partial charge in [0.1, 0.15) is 4.88 Å². The molecule has 0 radical (unpaired) electrons. The van der Waals surface area contributed by atoms with Crippen LogP contribution in [0.25, 0.3) is 0 Å². The molecule has 88 valence electrons. The third kappa shape index (κ3) is 2.59. The van der Waals surface area contributed by atoms with Gasteiger partial charge in [-0.25, -0.2) is 9.78 Å². The van der Waals surface area contributed by atoms with E-state index in [9.17, 15) is 4.79 Å². The largest absolute Gasteiger partial charge is 0.465 e. The number of pyridine rings is 1. The zero-order valence-corrected chi connectivity index (χ0v) is 10.2. The van der Waals surface area contributed by atoms with E-state index in [2.05, 4.69) is 20.0 Å². The summed E-state index contributed by atoms with van der Waals surface area (Å²) in [5, 5.41) is 3.75. The third-order valence-corrected chi connectivity index (χ3v) is 3.07. The van der Waals surface area contributed by atoms with Crippen LogP contribution in [0.4, 0.5) is 10.8 Å². The number of hydrogen-bond donors (Lipinski definition) is 1. The van der Waals surface area contributed by atoms with Crippen LogP contribution in [-0.2, 0) is 4.74 Å². The Morgan fingerprint density at radius 1 is 1.47 bits per heavy atom. The van der Waals surface area contributed by atoms with Crippen LogP contribution in [0.1, 0.15) is 15.2 Å². The lowest BCUT2D eigenvalue weighted by Crippen LogP contribution is -1.96. The first-order chi connectivity index (χ1) is 8.20. The molecular formula is C11H11N3O2S. The molecule has 2 aromatic heterocycles. The number of esters is 1. The molecule has 5 nitrogen and oxygen atoms in total. The number of hydrogen-bond acceptors (Lipinski definition) is 6. The molecule has 0 saturated carbocycles. The molecule has 1 N–H and O–H groups in total. The van der Waals surface area contributed by atoms with Crippen molar-refractivity contribution in [3.63, 3.8) is 0 Å². The van der Waals surface area contributed by atoms with Crippen molar-refractivity contribution in [2.75, 3.05) is 12.4 Å². The minimum Gasteiger partial charge on any atom is -0.465 e. The van der Waals surface area contributed by atoms with Crippen molar-refractivity contribution in [2.24, 2.45) is 0 Å². The molecule has 0 spiro atoms. The van der Waals surface area contributed by atoms with Crippen molar-refractivity contribution in [1.82, 2.24) is 9.97 Å². The van der Waals surface area contributed by atoms with Gasteiger partial charge in [0.15, 0.2) is 5.13 Å². The van der Waals surface area contributed by atoms with Gasteiger partial charge in [0, 0.05) is 6.20 Å². The molecule has 0 bridgehead atoms. The zero-order valence-electron chi connectivity index (χ0n) is 9.43. The normalized spacial score (nSPS) is 10.0. The summed E-state index contributed by atoms with van der Waals surface area (Å²) in [5.41, 5.74) is 1.94. The average Bonchev–Trinajstić information content (AvgIpc) is 2.80. The van der Waals surface area contributed by atoms with Crippen LogP contribution in [0.5, 0.6) is 0 Å². The smallest absolute Gasteiger partial charge is 0.349 e. The van der Waals surface area contributed by atoms with E-state index in [-0.39, 0.29) is 5.97 Å². The molecule has 0 amide bonds. The first kappa shape index (κ1) is 11.5. The number of carbonyl (C=O) groups is 1. The first-order valence-electron chi connectivity index (χ1n) is 4.92. The number of ether oxygens (including phenoxy) is 1. The first-order valence-corrected chi connectivity index (χ1v) is 5.74. The Bertz CT molecular complexity index is 539. The summed E-state index contributed by atoms with van der Waals surface area (Å²) < 4.78 is 4.61. The van der Waals surface area contributed by atoms with Gasteiger partial charge in [-0.05, 0) is 18.6 Å². The summed E-state index contributed by atoms with van der Waals surface area (Å²) in [5.74, 6) is -0.376. The highest BCUT2D eigenvalue weighted by atomic mass is 32.1. The third-order valence-electron chi connectivity index (χ3n) is 2.17. The fraction of sp³-hybridized carbons (Fsp3) is 0.182. The van der Waals surface area contributed by atoms with E-state index in [4.69, 9.17) is 0 Å². The molecular weight excluding hydrogens is 238 g/mol. The predicted molar refractivity (Wildman–Crippen MR) is 65.7 cm³/mol. The number of carbonyl (C=O) groups excluding carboxylic acids is 1. The Balaban J connectivity index is 2.17. The molecule has 0 unspecified atom stereocenters. The van der Waals surface area contributed by atoms with E-state index in [0.717, 1.165) is 11.3 Å². The van der Waals surface area contributed by atoms with E-state index in [1.54, 1.807) is 12.4 Å². The summed E-state index contributed by atoms with van der Waals surface area (Å²) >= 11 is 1.24. The number of aromatic nitrogens is 2.